The summed E-state index contributed by atoms with van der Waals surface area (Å²) in [4.78, 5) is 23.5. The Morgan fingerprint density at radius 3 is 1.92 bits per heavy atom. The van der Waals surface area contributed by atoms with Crippen LogP contribution < -0.4 is 16.0 Å². The first kappa shape index (κ1) is 32.7. The van der Waals surface area contributed by atoms with Crippen LogP contribution in [0.15, 0.2) is 24.3 Å². The standard InChI is InChI=1S/C26H40Cl3N3O3S/c1-2-3-4-5-6-7-8-9-10-11-12-13-14-18-22(33)31-24(26(27,28)29)32-25(36)30-21-17-15-16-20(19-21)23(34)35/h15-17,19,24H,2-14,18H2,1H3,(H,31,33)(H,34,35)(H2,30,32,36)/t24-/m0/s1. The highest BCUT2D eigenvalue weighted by Gasteiger charge is 2.34. The lowest BCUT2D eigenvalue weighted by atomic mass is 10.0. The minimum Gasteiger partial charge on any atom is -0.478 e. The average Bonchev–Trinajstić information content (AvgIpc) is 2.81. The Morgan fingerprint density at radius 1 is 0.889 bits per heavy atom. The molecule has 0 aromatic heterocycles. The zero-order valence-corrected chi connectivity index (χ0v) is 24.2. The fourth-order valence-corrected chi connectivity index (χ4v) is 4.33. The van der Waals surface area contributed by atoms with E-state index in [-0.39, 0.29) is 16.6 Å². The fraction of sp³-hybridized carbons (Fsp3) is 0.654. The molecule has 0 aliphatic rings. The van der Waals surface area contributed by atoms with Crippen molar-refractivity contribution in [3.05, 3.63) is 29.8 Å². The van der Waals surface area contributed by atoms with Crippen LogP contribution in [0.2, 0.25) is 0 Å². The van der Waals surface area contributed by atoms with Crippen molar-refractivity contribution < 1.29 is 14.7 Å². The molecule has 1 aromatic carbocycles. The van der Waals surface area contributed by atoms with Gasteiger partial charge in [-0.15, -0.1) is 0 Å². The number of carboxylic acids is 1. The number of amides is 1. The summed E-state index contributed by atoms with van der Waals surface area (Å²) >= 11 is 23.3. The summed E-state index contributed by atoms with van der Waals surface area (Å²) in [5.74, 6) is -1.30. The number of anilines is 1. The molecule has 1 atom stereocenters. The molecule has 4 N–H and O–H groups in total. The monoisotopic (exact) mass is 579 g/mol. The van der Waals surface area contributed by atoms with Crippen molar-refractivity contribution in [2.45, 2.75) is 107 Å². The molecule has 0 fully saturated rings. The molecule has 1 aromatic rings. The molecule has 0 heterocycles. The van der Waals surface area contributed by atoms with Crippen LogP contribution in [0.5, 0.6) is 0 Å². The normalized spacial score (nSPS) is 12.1. The smallest absolute Gasteiger partial charge is 0.335 e. The lowest BCUT2D eigenvalue weighted by Crippen LogP contribution is -2.56. The molecule has 36 heavy (non-hydrogen) atoms. The first-order chi connectivity index (χ1) is 17.1. The molecule has 0 radical (unpaired) electrons. The van der Waals surface area contributed by atoms with E-state index in [1.165, 1.54) is 76.3 Å². The molecule has 0 bridgehead atoms. The van der Waals surface area contributed by atoms with Gasteiger partial charge in [-0.3, -0.25) is 4.79 Å². The predicted octanol–water partition coefficient (Wildman–Crippen LogP) is 7.97. The molecular formula is C26H40Cl3N3O3S. The molecule has 0 aliphatic carbocycles. The molecule has 1 rings (SSSR count). The van der Waals surface area contributed by atoms with Gasteiger partial charge in [0, 0.05) is 12.1 Å². The Balaban J connectivity index is 2.26. The second-order valence-corrected chi connectivity index (χ2v) is 11.8. The van der Waals surface area contributed by atoms with E-state index in [9.17, 15) is 9.59 Å². The summed E-state index contributed by atoms with van der Waals surface area (Å²) in [6.45, 7) is 2.24. The van der Waals surface area contributed by atoms with Crippen molar-refractivity contribution in [1.82, 2.24) is 10.6 Å². The highest BCUT2D eigenvalue weighted by atomic mass is 35.6. The van der Waals surface area contributed by atoms with E-state index in [1.807, 2.05) is 0 Å². The van der Waals surface area contributed by atoms with Gasteiger partial charge in [-0.1, -0.05) is 125 Å². The lowest BCUT2D eigenvalue weighted by molar-refractivity contribution is -0.122. The number of alkyl halides is 3. The zero-order chi connectivity index (χ0) is 26.8. The topological polar surface area (TPSA) is 90.5 Å². The number of halogens is 3. The summed E-state index contributed by atoms with van der Waals surface area (Å²) in [7, 11) is 0. The van der Waals surface area contributed by atoms with Crippen molar-refractivity contribution in [3.63, 3.8) is 0 Å². The Hall–Kier alpha value is -1.28. The van der Waals surface area contributed by atoms with Gasteiger partial charge >= 0.3 is 5.97 Å². The highest BCUT2D eigenvalue weighted by molar-refractivity contribution is 7.80. The first-order valence-electron chi connectivity index (χ1n) is 12.9. The molecular weight excluding hydrogens is 541 g/mol. The van der Waals surface area contributed by atoms with Gasteiger partial charge in [0.2, 0.25) is 9.70 Å². The van der Waals surface area contributed by atoms with Crippen LogP contribution >= 0.6 is 47.0 Å². The van der Waals surface area contributed by atoms with Crippen LogP contribution in [0.3, 0.4) is 0 Å². The number of aromatic carboxylic acids is 1. The number of benzene rings is 1. The number of nitrogens with one attached hydrogen (secondary N) is 3. The third-order valence-corrected chi connectivity index (χ3v) is 6.66. The number of thiocarbonyl (C=S) groups is 1. The molecule has 0 aliphatic heterocycles. The van der Waals surface area contributed by atoms with Crippen LogP contribution in [0.1, 0.15) is 107 Å². The van der Waals surface area contributed by atoms with E-state index in [2.05, 4.69) is 22.9 Å². The number of carboxylic acid groups (broad SMARTS) is 1. The largest absolute Gasteiger partial charge is 0.478 e. The van der Waals surface area contributed by atoms with E-state index in [1.54, 1.807) is 12.1 Å². The maximum Gasteiger partial charge on any atom is 0.335 e. The molecule has 10 heteroatoms. The molecule has 0 unspecified atom stereocenters. The number of unbranched alkanes of at least 4 members (excludes halogenated alkanes) is 12. The van der Waals surface area contributed by atoms with E-state index in [0.29, 0.717) is 12.1 Å². The van der Waals surface area contributed by atoms with Crippen LogP contribution in [0.4, 0.5) is 5.69 Å². The summed E-state index contributed by atoms with van der Waals surface area (Å²) in [5, 5.41) is 17.5. The van der Waals surface area contributed by atoms with E-state index in [0.717, 1.165) is 19.3 Å². The van der Waals surface area contributed by atoms with Gasteiger partial charge in [0.05, 0.1) is 5.56 Å². The molecule has 204 valence electrons. The SMILES string of the molecule is CCCCCCCCCCCCCCCC(=O)N[C@@H](NC(=S)Nc1cccc(C(=O)O)c1)C(Cl)(Cl)Cl. The second kappa shape index (κ2) is 18.9. The molecule has 6 nitrogen and oxygen atoms in total. The summed E-state index contributed by atoms with van der Waals surface area (Å²) < 4.78 is -1.85. The maximum atomic E-state index is 12.4. The van der Waals surface area contributed by atoms with Gasteiger partial charge in [0.1, 0.15) is 6.17 Å². The van der Waals surface area contributed by atoms with E-state index < -0.39 is 15.9 Å². The number of hydrogen-bond donors (Lipinski definition) is 4. The summed E-state index contributed by atoms with van der Waals surface area (Å²) in [6, 6.07) is 6.12. The summed E-state index contributed by atoms with van der Waals surface area (Å²) in [6.07, 6.45) is 15.3. The molecule has 1 amide bonds. The van der Waals surface area contributed by atoms with Gasteiger partial charge in [0.25, 0.3) is 0 Å². The second-order valence-electron chi connectivity index (χ2n) is 9.02. The van der Waals surface area contributed by atoms with Crippen LogP contribution in [0.25, 0.3) is 0 Å². The fourth-order valence-electron chi connectivity index (χ4n) is 3.76. The zero-order valence-electron chi connectivity index (χ0n) is 21.1. The quantitative estimate of drug-likeness (QED) is 0.0609. The van der Waals surface area contributed by atoms with Gasteiger partial charge in [-0.2, -0.15) is 0 Å². The number of carbonyl (C=O) groups is 2. The van der Waals surface area contributed by atoms with E-state index >= 15 is 0 Å². The Morgan fingerprint density at radius 2 is 1.42 bits per heavy atom. The van der Waals surface area contributed by atoms with Crippen molar-refractivity contribution in [2.24, 2.45) is 0 Å². The van der Waals surface area contributed by atoms with Gasteiger partial charge < -0.3 is 21.1 Å². The van der Waals surface area contributed by atoms with Crippen LogP contribution in [0, 0.1) is 0 Å². The first-order valence-corrected chi connectivity index (χ1v) is 14.4. The third kappa shape index (κ3) is 15.7. The third-order valence-electron chi connectivity index (χ3n) is 5.78. The Kier molecular flexibility index (Phi) is 17.2. The average molecular weight is 581 g/mol. The molecule has 0 spiro atoms. The van der Waals surface area contributed by atoms with Crippen molar-refractivity contribution in [3.8, 4) is 0 Å². The van der Waals surface area contributed by atoms with Crippen molar-refractivity contribution in [2.75, 3.05) is 5.32 Å². The number of hydrogen-bond acceptors (Lipinski definition) is 3. The molecule has 0 saturated heterocycles. The number of carbonyl (C=O) groups excluding carboxylic acids is 1. The maximum absolute atomic E-state index is 12.4. The van der Waals surface area contributed by atoms with Gasteiger partial charge in [-0.25, -0.2) is 4.79 Å². The number of rotatable bonds is 18. The van der Waals surface area contributed by atoms with Gasteiger partial charge in [0.15, 0.2) is 5.11 Å². The predicted molar refractivity (Wildman–Crippen MR) is 155 cm³/mol. The Bertz CT molecular complexity index is 806. The van der Waals surface area contributed by atoms with E-state index in [4.69, 9.17) is 52.1 Å². The summed E-state index contributed by atoms with van der Waals surface area (Å²) in [5.41, 5.74) is 0.556. The lowest BCUT2D eigenvalue weighted by Gasteiger charge is -2.27. The Labute approximate surface area is 236 Å². The van der Waals surface area contributed by atoms with Gasteiger partial charge in [-0.05, 0) is 36.8 Å². The van der Waals surface area contributed by atoms with Crippen LogP contribution in [-0.4, -0.2) is 32.1 Å². The minimum absolute atomic E-state index is 0.0788. The highest BCUT2D eigenvalue weighted by Crippen LogP contribution is 2.29. The van der Waals surface area contributed by atoms with Crippen molar-refractivity contribution in [1.29, 1.82) is 0 Å². The van der Waals surface area contributed by atoms with Crippen LogP contribution in [-0.2, 0) is 4.79 Å². The van der Waals surface area contributed by atoms with Crippen molar-refractivity contribution >= 4 is 69.7 Å². The molecule has 0 saturated carbocycles. The minimum atomic E-state index is -1.85.